The fraction of sp³-hybridized carbons (Fsp3) is 0.333. The van der Waals surface area contributed by atoms with Crippen molar-refractivity contribution in [1.29, 1.82) is 0 Å². The standard InChI is InChI=1S/C15H17NS/c16-13-7-5-11(6-8-13)9-12-10-17-15-4-2-1-3-14(12)15/h1-5,10,13H,6-9,16H2. The predicted molar refractivity (Wildman–Crippen MR) is 75.4 cm³/mol. The highest BCUT2D eigenvalue weighted by molar-refractivity contribution is 7.17. The Bertz CT molecular complexity index is 553. The van der Waals surface area contributed by atoms with E-state index in [0.29, 0.717) is 6.04 Å². The SMILES string of the molecule is NC1CC=C(Cc2csc3ccccc23)CC1. The third-order valence-electron chi connectivity index (χ3n) is 3.52. The van der Waals surface area contributed by atoms with E-state index in [1.165, 1.54) is 22.1 Å². The summed E-state index contributed by atoms with van der Waals surface area (Å²) in [4.78, 5) is 0. The van der Waals surface area contributed by atoms with Crippen molar-refractivity contribution >= 4 is 21.4 Å². The van der Waals surface area contributed by atoms with Gasteiger partial charge in [0.2, 0.25) is 0 Å². The molecule has 0 saturated heterocycles. The minimum absolute atomic E-state index is 0.387. The third kappa shape index (κ3) is 2.28. The van der Waals surface area contributed by atoms with E-state index in [-0.39, 0.29) is 0 Å². The molecule has 0 aliphatic heterocycles. The van der Waals surface area contributed by atoms with Crippen LogP contribution in [-0.2, 0) is 6.42 Å². The van der Waals surface area contributed by atoms with Gasteiger partial charge in [-0.05, 0) is 48.1 Å². The average Bonchev–Trinajstić information content (AvgIpc) is 2.76. The van der Waals surface area contributed by atoms with Crippen LogP contribution in [0.4, 0.5) is 0 Å². The van der Waals surface area contributed by atoms with Gasteiger partial charge >= 0.3 is 0 Å². The Balaban J connectivity index is 1.85. The lowest BCUT2D eigenvalue weighted by molar-refractivity contribution is 0.584. The Morgan fingerprint density at radius 2 is 2.18 bits per heavy atom. The molecule has 88 valence electrons. The minimum Gasteiger partial charge on any atom is -0.327 e. The molecular weight excluding hydrogens is 226 g/mol. The van der Waals surface area contributed by atoms with E-state index < -0.39 is 0 Å². The van der Waals surface area contributed by atoms with Crippen molar-refractivity contribution in [2.24, 2.45) is 5.73 Å². The molecule has 1 heterocycles. The molecule has 2 N–H and O–H groups in total. The summed E-state index contributed by atoms with van der Waals surface area (Å²) < 4.78 is 1.40. The summed E-state index contributed by atoms with van der Waals surface area (Å²) >= 11 is 1.85. The topological polar surface area (TPSA) is 26.0 Å². The van der Waals surface area contributed by atoms with Crippen LogP contribution in [0, 0.1) is 0 Å². The highest BCUT2D eigenvalue weighted by Gasteiger charge is 2.12. The summed E-state index contributed by atoms with van der Waals surface area (Å²) in [5, 5.41) is 3.73. The maximum atomic E-state index is 5.92. The van der Waals surface area contributed by atoms with Crippen LogP contribution in [0.1, 0.15) is 24.8 Å². The highest BCUT2D eigenvalue weighted by atomic mass is 32.1. The summed E-state index contributed by atoms with van der Waals surface area (Å²) in [7, 11) is 0. The number of rotatable bonds is 2. The van der Waals surface area contributed by atoms with Crippen LogP contribution in [-0.4, -0.2) is 6.04 Å². The second-order valence-corrected chi connectivity index (χ2v) is 5.74. The number of nitrogens with two attached hydrogens (primary N) is 1. The quantitative estimate of drug-likeness (QED) is 0.796. The van der Waals surface area contributed by atoms with Gasteiger partial charge in [-0.25, -0.2) is 0 Å². The Hall–Kier alpha value is -1.12. The van der Waals surface area contributed by atoms with Crippen molar-refractivity contribution in [2.75, 3.05) is 0 Å². The molecule has 0 fully saturated rings. The van der Waals surface area contributed by atoms with E-state index in [1.54, 1.807) is 5.57 Å². The molecule has 1 unspecified atom stereocenters. The molecule has 2 heteroatoms. The zero-order chi connectivity index (χ0) is 11.7. The second-order valence-electron chi connectivity index (χ2n) is 4.83. The molecule has 1 nitrogen and oxygen atoms in total. The first-order valence-corrected chi connectivity index (χ1v) is 7.09. The maximum Gasteiger partial charge on any atom is 0.0345 e. The van der Waals surface area contributed by atoms with Crippen LogP contribution in [0.5, 0.6) is 0 Å². The van der Waals surface area contributed by atoms with Gasteiger partial charge in [0, 0.05) is 10.7 Å². The van der Waals surface area contributed by atoms with Crippen molar-refractivity contribution in [2.45, 2.75) is 31.7 Å². The van der Waals surface area contributed by atoms with Crippen LogP contribution < -0.4 is 5.73 Å². The van der Waals surface area contributed by atoms with E-state index in [0.717, 1.165) is 19.3 Å². The molecule has 0 spiro atoms. The van der Waals surface area contributed by atoms with Crippen molar-refractivity contribution in [3.63, 3.8) is 0 Å². The third-order valence-corrected chi connectivity index (χ3v) is 4.54. The molecule has 0 amide bonds. The molecule has 1 aromatic heterocycles. The molecule has 1 aliphatic carbocycles. The van der Waals surface area contributed by atoms with E-state index in [4.69, 9.17) is 5.73 Å². The van der Waals surface area contributed by atoms with Gasteiger partial charge in [-0.2, -0.15) is 0 Å². The van der Waals surface area contributed by atoms with Crippen LogP contribution >= 0.6 is 11.3 Å². The molecule has 0 saturated carbocycles. The fourth-order valence-electron chi connectivity index (χ4n) is 2.48. The molecule has 17 heavy (non-hydrogen) atoms. The van der Waals surface area contributed by atoms with Gasteiger partial charge in [-0.15, -0.1) is 11.3 Å². The summed E-state index contributed by atoms with van der Waals surface area (Å²) in [5.41, 5.74) is 8.96. The molecule has 1 aliphatic rings. The summed E-state index contributed by atoms with van der Waals surface area (Å²) in [6, 6.07) is 9.06. The minimum atomic E-state index is 0.387. The molecular formula is C15H17NS. The van der Waals surface area contributed by atoms with Crippen LogP contribution in [0.2, 0.25) is 0 Å². The van der Waals surface area contributed by atoms with Gasteiger partial charge in [0.1, 0.15) is 0 Å². The van der Waals surface area contributed by atoms with Gasteiger partial charge in [0.25, 0.3) is 0 Å². The van der Waals surface area contributed by atoms with Crippen molar-refractivity contribution in [3.8, 4) is 0 Å². The molecule has 0 bridgehead atoms. The number of benzene rings is 1. The second kappa shape index (κ2) is 4.63. The van der Waals surface area contributed by atoms with E-state index in [2.05, 4.69) is 35.7 Å². The first-order valence-electron chi connectivity index (χ1n) is 6.21. The van der Waals surface area contributed by atoms with Gasteiger partial charge in [0.15, 0.2) is 0 Å². The first-order chi connectivity index (χ1) is 8.33. The largest absolute Gasteiger partial charge is 0.327 e. The predicted octanol–water partition coefficient (Wildman–Crippen LogP) is 3.88. The highest BCUT2D eigenvalue weighted by Crippen LogP contribution is 2.29. The molecule has 3 rings (SSSR count). The molecule has 1 aromatic carbocycles. The summed E-state index contributed by atoms with van der Waals surface area (Å²) in [6.45, 7) is 0. The summed E-state index contributed by atoms with van der Waals surface area (Å²) in [6.07, 6.45) is 6.83. The molecule has 1 atom stereocenters. The van der Waals surface area contributed by atoms with Crippen LogP contribution in [0.15, 0.2) is 41.3 Å². The average molecular weight is 243 g/mol. The van der Waals surface area contributed by atoms with Crippen LogP contribution in [0.25, 0.3) is 10.1 Å². The zero-order valence-corrected chi connectivity index (χ0v) is 10.7. The van der Waals surface area contributed by atoms with Crippen molar-refractivity contribution in [3.05, 3.63) is 46.9 Å². The van der Waals surface area contributed by atoms with E-state index in [1.807, 2.05) is 11.3 Å². The van der Waals surface area contributed by atoms with Gasteiger partial charge < -0.3 is 5.73 Å². The normalized spacial score (nSPS) is 20.5. The fourth-order valence-corrected chi connectivity index (χ4v) is 3.45. The first kappa shape index (κ1) is 11.0. The van der Waals surface area contributed by atoms with Crippen molar-refractivity contribution in [1.82, 2.24) is 0 Å². The Labute approximate surface area is 106 Å². The molecule has 0 radical (unpaired) electrons. The Morgan fingerprint density at radius 3 is 3.00 bits per heavy atom. The van der Waals surface area contributed by atoms with Crippen molar-refractivity contribution < 1.29 is 0 Å². The monoisotopic (exact) mass is 243 g/mol. The number of allylic oxidation sites excluding steroid dienone is 1. The number of fused-ring (bicyclic) bond motifs is 1. The summed E-state index contributed by atoms with van der Waals surface area (Å²) in [5.74, 6) is 0. The van der Waals surface area contributed by atoms with E-state index >= 15 is 0 Å². The number of thiophene rings is 1. The zero-order valence-electron chi connectivity index (χ0n) is 9.86. The lowest BCUT2D eigenvalue weighted by Crippen LogP contribution is -2.22. The van der Waals surface area contributed by atoms with Gasteiger partial charge in [0.05, 0.1) is 0 Å². The van der Waals surface area contributed by atoms with E-state index in [9.17, 15) is 0 Å². The lowest BCUT2D eigenvalue weighted by Gasteiger charge is -2.18. The van der Waals surface area contributed by atoms with Crippen LogP contribution in [0.3, 0.4) is 0 Å². The number of hydrogen-bond donors (Lipinski definition) is 1. The van der Waals surface area contributed by atoms with Gasteiger partial charge in [-0.3, -0.25) is 0 Å². The Kier molecular flexibility index (Phi) is 3.00. The lowest BCUT2D eigenvalue weighted by atomic mass is 9.91. The maximum absolute atomic E-state index is 5.92. The Morgan fingerprint density at radius 1 is 1.29 bits per heavy atom. The smallest absolute Gasteiger partial charge is 0.0345 e. The van der Waals surface area contributed by atoms with Gasteiger partial charge in [-0.1, -0.05) is 29.8 Å². The number of hydrogen-bond acceptors (Lipinski definition) is 2. The molecule has 2 aromatic rings.